The van der Waals surface area contributed by atoms with E-state index in [-0.39, 0.29) is 11.4 Å². The number of hydrogen-bond donors (Lipinski definition) is 0. The molecule has 3 heterocycles. The molecule has 33 heavy (non-hydrogen) atoms. The highest BCUT2D eigenvalue weighted by molar-refractivity contribution is 7.15. The Morgan fingerprint density at radius 1 is 1.12 bits per heavy atom. The lowest BCUT2D eigenvalue weighted by molar-refractivity contribution is -0.131. The minimum Gasteiger partial charge on any atom is -0.457 e. The van der Waals surface area contributed by atoms with Crippen molar-refractivity contribution in [1.29, 1.82) is 0 Å². The molecule has 3 aromatic heterocycles. The largest absolute Gasteiger partial charge is 0.457 e. The molecular formula is C23H13Cl2N3O4S. The van der Waals surface area contributed by atoms with Crippen LogP contribution in [0.15, 0.2) is 63.8 Å². The Labute approximate surface area is 200 Å². The summed E-state index contributed by atoms with van der Waals surface area (Å²) < 4.78 is 12.7. The predicted octanol–water partition coefficient (Wildman–Crippen LogP) is 4.86. The highest BCUT2D eigenvalue weighted by Gasteiger charge is 2.16. The number of esters is 1. The Bertz CT molecular complexity index is 1640. The van der Waals surface area contributed by atoms with Crippen LogP contribution in [0.2, 0.25) is 10.0 Å². The third-order valence-corrected chi connectivity index (χ3v) is 6.18. The van der Waals surface area contributed by atoms with E-state index in [0.717, 1.165) is 0 Å². The molecule has 0 unspecified atom stereocenters. The van der Waals surface area contributed by atoms with E-state index >= 15 is 0 Å². The van der Waals surface area contributed by atoms with Crippen LogP contribution in [-0.2, 0) is 4.79 Å². The zero-order chi connectivity index (χ0) is 23.1. The summed E-state index contributed by atoms with van der Waals surface area (Å²) in [5.41, 5.74) is 0.838. The second-order valence-corrected chi connectivity index (χ2v) is 8.81. The fraction of sp³-hybridized carbons (Fsp3) is 0.0435. The normalized spacial score (nSPS) is 11.9. The first-order chi connectivity index (χ1) is 15.9. The van der Waals surface area contributed by atoms with E-state index in [9.17, 15) is 9.59 Å². The lowest BCUT2D eigenvalue weighted by Gasteiger charge is -2.04. The van der Waals surface area contributed by atoms with E-state index < -0.39 is 5.97 Å². The first kappa shape index (κ1) is 21.4. The van der Waals surface area contributed by atoms with Crippen molar-refractivity contribution in [2.75, 3.05) is 0 Å². The molecule has 0 bridgehead atoms. The summed E-state index contributed by atoms with van der Waals surface area (Å²) in [6, 6.07) is 15.5. The van der Waals surface area contributed by atoms with E-state index in [4.69, 9.17) is 32.4 Å². The second kappa shape index (κ2) is 8.47. The number of benzene rings is 2. The van der Waals surface area contributed by atoms with Gasteiger partial charge in [0.1, 0.15) is 21.8 Å². The quantitative estimate of drug-likeness (QED) is 0.260. The molecule has 2 aromatic carbocycles. The van der Waals surface area contributed by atoms with E-state index in [1.807, 2.05) is 0 Å². The molecule has 0 N–H and O–H groups in total. The van der Waals surface area contributed by atoms with Gasteiger partial charge in [0.25, 0.3) is 5.56 Å². The van der Waals surface area contributed by atoms with Gasteiger partial charge in [-0.05, 0) is 42.5 Å². The summed E-state index contributed by atoms with van der Waals surface area (Å²) >= 11 is 13.5. The van der Waals surface area contributed by atoms with Crippen LogP contribution in [0.5, 0.6) is 5.75 Å². The minimum absolute atomic E-state index is 0.289. The van der Waals surface area contributed by atoms with Crippen LogP contribution in [0.25, 0.3) is 33.7 Å². The van der Waals surface area contributed by atoms with Crippen molar-refractivity contribution < 1.29 is 13.9 Å². The standard InChI is InChI=1S/C23H13Cl2N3O4S/c1-12(29)31-18-5-3-2-4-15(18)21-26-23-28(27-21)22(30)20(33-23)11-14-7-9-19(32-14)16-10-13(24)6-8-17(16)25/h2-11H,1H3/b20-11-. The van der Waals surface area contributed by atoms with Crippen LogP contribution >= 0.6 is 34.5 Å². The van der Waals surface area contributed by atoms with Gasteiger partial charge in [0, 0.05) is 23.6 Å². The topological polar surface area (TPSA) is 86.7 Å². The molecule has 0 radical (unpaired) electrons. The fourth-order valence-corrected chi connectivity index (χ4v) is 4.50. The minimum atomic E-state index is -0.457. The second-order valence-electron chi connectivity index (χ2n) is 6.96. The van der Waals surface area contributed by atoms with Crippen LogP contribution in [0.4, 0.5) is 0 Å². The smallest absolute Gasteiger partial charge is 0.308 e. The summed E-state index contributed by atoms with van der Waals surface area (Å²) in [6.45, 7) is 1.31. The fourth-order valence-electron chi connectivity index (χ4n) is 3.23. The van der Waals surface area contributed by atoms with Crippen LogP contribution in [-0.4, -0.2) is 20.6 Å². The average Bonchev–Trinajstić information content (AvgIpc) is 3.48. The third-order valence-electron chi connectivity index (χ3n) is 4.66. The van der Waals surface area contributed by atoms with E-state index in [1.165, 1.54) is 22.8 Å². The lowest BCUT2D eigenvalue weighted by Crippen LogP contribution is -2.23. The Morgan fingerprint density at radius 3 is 2.73 bits per heavy atom. The number of carbonyl (C=O) groups excluding carboxylic acids is 1. The van der Waals surface area contributed by atoms with E-state index in [1.54, 1.807) is 60.7 Å². The summed E-state index contributed by atoms with van der Waals surface area (Å²) in [7, 11) is 0. The molecule has 0 aliphatic heterocycles. The van der Waals surface area contributed by atoms with Gasteiger partial charge in [0.05, 0.1) is 10.6 Å². The monoisotopic (exact) mass is 497 g/mol. The number of halogens is 2. The van der Waals surface area contributed by atoms with Gasteiger partial charge in [0.15, 0.2) is 5.82 Å². The van der Waals surface area contributed by atoms with Gasteiger partial charge in [-0.2, -0.15) is 9.50 Å². The van der Waals surface area contributed by atoms with Crippen LogP contribution < -0.4 is 14.8 Å². The molecule has 0 saturated heterocycles. The van der Waals surface area contributed by atoms with Crippen molar-refractivity contribution in [3.63, 3.8) is 0 Å². The first-order valence-corrected chi connectivity index (χ1v) is 11.2. The number of thiazole rings is 1. The van der Waals surface area contributed by atoms with Crippen LogP contribution in [0.3, 0.4) is 0 Å². The van der Waals surface area contributed by atoms with Gasteiger partial charge in [-0.3, -0.25) is 9.59 Å². The van der Waals surface area contributed by atoms with Crippen molar-refractivity contribution in [3.05, 3.63) is 85.3 Å². The van der Waals surface area contributed by atoms with Gasteiger partial charge >= 0.3 is 5.97 Å². The van der Waals surface area contributed by atoms with Gasteiger partial charge in [-0.1, -0.05) is 46.7 Å². The zero-order valence-corrected chi connectivity index (χ0v) is 19.2. The molecule has 5 aromatic rings. The lowest BCUT2D eigenvalue weighted by atomic mass is 10.2. The number of hydrogen-bond acceptors (Lipinski definition) is 7. The first-order valence-electron chi connectivity index (χ1n) is 9.63. The highest BCUT2D eigenvalue weighted by Crippen LogP contribution is 2.32. The van der Waals surface area contributed by atoms with E-state index in [2.05, 4.69) is 10.1 Å². The predicted molar refractivity (Wildman–Crippen MR) is 127 cm³/mol. The average molecular weight is 498 g/mol. The molecular weight excluding hydrogens is 485 g/mol. The Hall–Kier alpha value is -3.46. The molecule has 5 rings (SSSR count). The van der Waals surface area contributed by atoms with Crippen molar-refractivity contribution in [2.24, 2.45) is 0 Å². The van der Waals surface area contributed by atoms with Gasteiger partial charge in [-0.15, -0.1) is 5.10 Å². The highest BCUT2D eigenvalue weighted by atomic mass is 35.5. The molecule has 10 heteroatoms. The summed E-state index contributed by atoms with van der Waals surface area (Å²) in [4.78, 5) is 29.1. The zero-order valence-electron chi connectivity index (χ0n) is 16.9. The number of ether oxygens (including phenoxy) is 1. The van der Waals surface area contributed by atoms with Crippen molar-refractivity contribution >= 4 is 51.5 Å². The Kier molecular flexibility index (Phi) is 5.49. The summed E-state index contributed by atoms with van der Waals surface area (Å²) in [5, 5.41) is 5.36. The SMILES string of the molecule is CC(=O)Oc1ccccc1-c1nc2s/c(=C\c3ccc(-c4cc(Cl)ccc4Cl)o3)c(=O)n2n1. The van der Waals surface area contributed by atoms with Crippen molar-refractivity contribution in [2.45, 2.75) is 6.92 Å². The van der Waals surface area contributed by atoms with Gasteiger partial charge < -0.3 is 9.15 Å². The van der Waals surface area contributed by atoms with Crippen molar-refractivity contribution in [3.8, 4) is 28.5 Å². The van der Waals surface area contributed by atoms with Crippen LogP contribution in [0, 0.1) is 0 Å². The number of fused-ring (bicyclic) bond motifs is 1. The number of furan rings is 1. The number of rotatable bonds is 4. The molecule has 0 atom stereocenters. The van der Waals surface area contributed by atoms with Crippen LogP contribution in [0.1, 0.15) is 12.7 Å². The maximum absolute atomic E-state index is 12.9. The Balaban J connectivity index is 1.52. The molecule has 164 valence electrons. The summed E-state index contributed by atoms with van der Waals surface area (Å²) in [5.74, 6) is 1.16. The molecule has 0 spiro atoms. The number of para-hydroxylation sites is 1. The number of carbonyl (C=O) groups is 1. The molecule has 0 saturated carbocycles. The van der Waals surface area contributed by atoms with E-state index in [0.29, 0.717) is 47.9 Å². The number of nitrogens with zero attached hydrogens (tertiary/aromatic N) is 3. The summed E-state index contributed by atoms with van der Waals surface area (Å²) in [6.07, 6.45) is 1.62. The maximum Gasteiger partial charge on any atom is 0.308 e. The Morgan fingerprint density at radius 2 is 1.94 bits per heavy atom. The molecule has 0 amide bonds. The maximum atomic E-state index is 12.9. The molecule has 0 aliphatic rings. The molecule has 7 nitrogen and oxygen atoms in total. The van der Waals surface area contributed by atoms with Gasteiger partial charge in [-0.25, -0.2) is 0 Å². The number of aromatic nitrogens is 3. The van der Waals surface area contributed by atoms with Gasteiger partial charge in [0.2, 0.25) is 4.96 Å². The molecule has 0 fully saturated rings. The molecule has 0 aliphatic carbocycles. The van der Waals surface area contributed by atoms with Crippen molar-refractivity contribution in [1.82, 2.24) is 14.6 Å². The third kappa shape index (κ3) is 4.16.